The maximum atomic E-state index is 11.0. The number of carboxylic acids is 1. The summed E-state index contributed by atoms with van der Waals surface area (Å²) in [6.45, 7) is 0. The van der Waals surface area contributed by atoms with Crippen LogP contribution in [0.15, 0.2) is 30.3 Å². The molecule has 2 aromatic rings. The minimum absolute atomic E-state index is 0.00426. The average Bonchev–Trinajstić information content (AvgIpc) is 2.41. The van der Waals surface area contributed by atoms with Gasteiger partial charge in [0.2, 0.25) is 0 Å². The molecule has 0 amide bonds. The van der Waals surface area contributed by atoms with Crippen LogP contribution in [-0.2, 0) is 0 Å². The molecule has 0 aliphatic rings. The van der Waals surface area contributed by atoms with E-state index in [1.54, 1.807) is 19.2 Å². The van der Waals surface area contributed by atoms with Crippen molar-refractivity contribution in [3.8, 4) is 5.75 Å². The lowest BCUT2D eigenvalue weighted by atomic mass is 10.3. The van der Waals surface area contributed by atoms with E-state index in [9.17, 15) is 4.79 Å². The van der Waals surface area contributed by atoms with Crippen LogP contribution in [-0.4, -0.2) is 28.4 Å². The number of aromatic amines is 1. The first kappa shape index (κ1) is 13.0. The van der Waals surface area contributed by atoms with Crippen LogP contribution >= 0.6 is 12.2 Å². The summed E-state index contributed by atoms with van der Waals surface area (Å²) in [6, 6.07) is 8.57. The predicted molar refractivity (Wildman–Crippen MR) is 72.7 cm³/mol. The number of H-pyrrole nitrogens is 1. The van der Waals surface area contributed by atoms with E-state index in [4.69, 9.17) is 22.1 Å². The molecule has 19 heavy (non-hydrogen) atoms. The van der Waals surface area contributed by atoms with E-state index < -0.39 is 5.97 Å². The van der Waals surface area contributed by atoms with E-state index in [0.717, 1.165) is 5.69 Å². The Bertz CT molecular complexity index is 669. The van der Waals surface area contributed by atoms with Gasteiger partial charge in [-0.2, -0.15) is 5.10 Å². The van der Waals surface area contributed by atoms with E-state index >= 15 is 0 Å². The molecule has 0 aliphatic heterocycles. The molecule has 98 valence electrons. The molecule has 3 N–H and O–H groups in total. The standard InChI is InChI=1S/C12H11N3O3S/c1-18-8-4-2-3-7(5-8)13-10-6-9(12(16)17)11(19)15-14-10/h2-6H,1H3,(H,13,14)(H,15,19)(H,16,17). The van der Waals surface area contributed by atoms with E-state index in [1.807, 2.05) is 12.1 Å². The number of hydrogen-bond donors (Lipinski definition) is 3. The molecule has 0 saturated carbocycles. The normalized spacial score (nSPS) is 9.95. The molecule has 0 bridgehead atoms. The zero-order valence-corrected chi connectivity index (χ0v) is 10.8. The summed E-state index contributed by atoms with van der Waals surface area (Å²) in [5.74, 6) is -0.0519. The Morgan fingerprint density at radius 3 is 2.95 bits per heavy atom. The molecule has 0 atom stereocenters. The average molecular weight is 277 g/mol. The van der Waals surface area contributed by atoms with Gasteiger partial charge in [0.1, 0.15) is 10.4 Å². The van der Waals surface area contributed by atoms with E-state index in [2.05, 4.69) is 15.5 Å². The number of ether oxygens (including phenoxy) is 1. The van der Waals surface area contributed by atoms with E-state index in [-0.39, 0.29) is 10.2 Å². The second-order valence-electron chi connectivity index (χ2n) is 3.66. The van der Waals surface area contributed by atoms with Crippen molar-refractivity contribution >= 4 is 29.7 Å². The van der Waals surface area contributed by atoms with E-state index in [0.29, 0.717) is 11.6 Å². The Morgan fingerprint density at radius 1 is 1.47 bits per heavy atom. The van der Waals surface area contributed by atoms with Crippen molar-refractivity contribution in [3.05, 3.63) is 40.5 Å². The summed E-state index contributed by atoms with van der Waals surface area (Å²) in [4.78, 5) is 11.0. The Hall–Kier alpha value is -2.41. The Balaban J connectivity index is 2.30. The largest absolute Gasteiger partial charge is 0.497 e. The third kappa shape index (κ3) is 3.08. The number of benzene rings is 1. The Labute approximate surface area is 114 Å². The highest BCUT2D eigenvalue weighted by Gasteiger charge is 2.08. The van der Waals surface area contributed by atoms with Crippen molar-refractivity contribution in [2.24, 2.45) is 0 Å². The lowest BCUT2D eigenvalue weighted by Crippen LogP contribution is -2.03. The first-order valence-electron chi connectivity index (χ1n) is 5.34. The molecular formula is C12H11N3O3S. The van der Waals surface area contributed by atoms with E-state index in [1.165, 1.54) is 6.07 Å². The lowest BCUT2D eigenvalue weighted by molar-refractivity contribution is 0.0695. The van der Waals surface area contributed by atoms with Crippen LogP contribution in [0, 0.1) is 4.64 Å². The van der Waals surface area contributed by atoms with Crippen LogP contribution in [0.25, 0.3) is 0 Å². The fourth-order valence-corrected chi connectivity index (χ4v) is 1.67. The van der Waals surface area contributed by atoms with Gasteiger partial charge in [0, 0.05) is 17.8 Å². The summed E-state index contributed by atoms with van der Waals surface area (Å²) >= 11 is 4.85. The number of carboxylic acid groups (broad SMARTS) is 1. The van der Waals surface area contributed by atoms with Crippen LogP contribution in [0.1, 0.15) is 10.4 Å². The zero-order chi connectivity index (χ0) is 13.8. The highest BCUT2D eigenvalue weighted by atomic mass is 32.1. The number of anilines is 2. The number of rotatable bonds is 4. The molecule has 1 heterocycles. The first-order valence-corrected chi connectivity index (χ1v) is 5.75. The van der Waals surface area contributed by atoms with Crippen LogP contribution in [0.4, 0.5) is 11.5 Å². The smallest absolute Gasteiger partial charge is 0.338 e. The first-order chi connectivity index (χ1) is 9.10. The lowest BCUT2D eigenvalue weighted by Gasteiger charge is -2.07. The molecule has 7 heteroatoms. The van der Waals surface area contributed by atoms with Gasteiger partial charge >= 0.3 is 5.97 Å². The maximum absolute atomic E-state index is 11.0. The van der Waals surface area contributed by atoms with Crippen molar-refractivity contribution in [2.45, 2.75) is 0 Å². The van der Waals surface area contributed by atoms with Crippen LogP contribution in [0.2, 0.25) is 0 Å². The van der Waals surface area contributed by atoms with Crippen molar-refractivity contribution in [1.29, 1.82) is 0 Å². The van der Waals surface area contributed by atoms with Crippen molar-refractivity contribution in [1.82, 2.24) is 10.2 Å². The SMILES string of the molecule is COc1cccc(Nc2cc(C(=O)O)c(=S)[nH]n2)c1. The summed E-state index contributed by atoms with van der Waals surface area (Å²) in [5, 5.41) is 18.4. The molecule has 2 rings (SSSR count). The van der Waals surface area contributed by atoms with Gasteiger partial charge < -0.3 is 15.2 Å². The van der Waals surface area contributed by atoms with Gasteiger partial charge in [0.05, 0.1) is 12.7 Å². The number of nitrogens with zero attached hydrogens (tertiary/aromatic N) is 1. The fraction of sp³-hybridized carbons (Fsp3) is 0.0833. The van der Waals surface area contributed by atoms with Gasteiger partial charge in [0.25, 0.3) is 0 Å². The maximum Gasteiger partial charge on any atom is 0.338 e. The zero-order valence-electron chi connectivity index (χ0n) is 10.0. The summed E-state index contributed by atoms with van der Waals surface area (Å²) in [5.41, 5.74) is 0.726. The topological polar surface area (TPSA) is 87.2 Å². The minimum atomic E-state index is -1.10. The van der Waals surface area contributed by atoms with Gasteiger partial charge in [-0.05, 0) is 12.1 Å². The monoisotopic (exact) mass is 277 g/mol. The van der Waals surface area contributed by atoms with Crippen molar-refractivity contribution in [3.63, 3.8) is 0 Å². The predicted octanol–water partition coefficient (Wildman–Crippen LogP) is 2.59. The van der Waals surface area contributed by atoms with Gasteiger partial charge in [-0.25, -0.2) is 4.79 Å². The number of aromatic nitrogens is 2. The number of hydrogen-bond acceptors (Lipinski definition) is 5. The number of nitrogens with one attached hydrogen (secondary N) is 2. The quantitative estimate of drug-likeness (QED) is 0.745. The second-order valence-corrected chi connectivity index (χ2v) is 4.07. The van der Waals surface area contributed by atoms with Crippen molar-refractivity contribution in [2.75, 3.05) is 12.4 Å². The summed E-state index contributed by atoms with van der Waals surface area (Å²) in [6.07, 6.45) is 0. The van der Waals surface area contributed by atoms with Crippen LogP contribution in [0.5, 0.6) is 5.75 Å². The molecule has 1 aromatic heterocycles. The van der Waals surface area contributed by atoms with Gasteiger partial charge in [0.15, 0.2) is 5.82 Å². The fourth-order valence-electron chi connectivity index (χ4n) is 1.48. The van der Waals surface area contributed by atoms with Gasteiger partial charge in [-0.3, -0.25) is 5.10 Å². The molecule has 1 aromatic carbocycles. The molecule has 6 nitrogen and oxygen atoms in total. The third-order valence-corrected chi connectivity index (χ3v) is 2.69. The summed E-state index contributed by atoms with van der Waals surface area (Å²) in [7, 11) is 1.57. The number of methoxy groups -OCH3 is 1. The molecule has 0 aliphatic carbocycles. The number of carbonyl (C=O) groups is 1. The van der Waals surface area contributed by atoms with Crippen LogP contribution in [0.3, 0.4) is 0 Å². The van der Waals surface area contributed by atoms with Crippen LogP contribution < -0.4 is 10.1 Å². The molecule has 0 unspecified atom stereocenters. The Kier molecular flexibility index (Phi) is 3.76. The molecule has 0 radical (unpaired) electrons. The summed E-state index contributed by atoms with van der Waals surface area (Å²) < 4.78 is 5.18. The molecule has 0 fully saturated rings. The number of aromatic carboxylic acids is 1. The van der Waals surface area contributed by atoms with Crippen molar-refractivity contribution < 1.29 is 14.6 Å². The minimum Gasteiger partial charge on any atom is -0.497 e. The molecular weight excluding hydrogens is 266 g/mol. The Morgan fingerprint density at radius 2 is 2.26 bits per heavy atom. The highest BCUT2D eigenvalue weighted by Crippen LogP contribution is 2.20. The molecule has 0 spiro atoms. The van der Waals surface area contributed by atoms with Gasteiger partial charge in [-0.15, -0.1) is 0 Å². The second kappa shape index (κ2) is 5.49. The molecule has 0 saturated heterocycles. The highest BCUT2D eigenvalue weighted by molar-refractivity contribution is 7.71. The van der Waals surface area contributed by atoms with Gasteiger partial charge in [-0.1, -0.05) is 18.3 Å². The third-order valence-electron chi connectivity index (χ3n) is 2.38.